The molecule has 0 bridgehead atoms. The molecule has 19 nitrogen and oxygen atoms in total. The van der Waals surface area contributed by atoms with Crippen molar-refractivity contribution in [1.29, 1.82) is 0 Å². The van der Waals surface area contributed by atoms with Gasteiger partial charge >= 0.3 is 5.97 Å². The smallest absolute Gasteiger partial charge is 0.328 e. The third kappa shape index (κ3) is 13.7. The zero-order chi connectivity index (χ0) is 57.8. The van der Waals surface area contributed by atoms with Crippen molar-refractivity contribution >= 4 is 45.6 Å². The number of aliphatic carboxylic acids is 1. The maximum Gasteiger partial charge on any atom is 0.328 e. The Balaban J connectivity index is 0.000000158. The number of carboxylic acids is 1. The predicted molar refractivity (Wildman–Crippen MR) is 324 cm³/mol. The highest BCUT2D eigenvalue weighted by atomic mass is 16.5. The van der Waals surface area contributed by atoms with Crippen LogP contribution in [0.25, 0.3) is 44.3 Å². The molecule has 4 fully saturated rings. The summed E-state index contributed by atoms with van der Waals surface area (Å²) in [4.78, 5) is 47.3. The summed E-state index contributed by atoms with van der Waals surface area (Å²) in [5, 5.41) is 13.6. The van der Waals surface area contributed by atoms with E-state index in [4.69, 9.17) is 35.5 Å². The van der Waals surface area contributed by atoms with Gasteiger partial charge in [-0.15, -0.1) is 0 Å². The first-order valence-electron chi connectivity index (χ1n) is 28.4. The summed E-state index contributed by atoms with van der Waals surface area (Å²) < 4.78 is 27.2. The summed E-state index contributed by atoms with van der Waals surface area (Å²) in [6, 6.07) is 37.0. The fourth-order valence-corrected chi connectivity index (χ4v) is 11.6. The summed E-state index contributed by atoms with van der Waals surface area (Å²) in [6.07, 6.45) is 13.6. The van der Waals surface area contributed by atoms with Crippen LogP contribution in [-0.4, -0.2) is 153 Å². The lowest BCUT2D eigenvalue weighted by molar-refractivity contribution is -0.131. The second kappa shape index (κ2) is 27.1. The molecule has 0 aliphatic carbocycles. The standard InChI is InChI=1S/C32H36N6O3.C23H23N5O.C9H15NO3/c1-22-29(23-10-12-27(13-11-23)41-26-7-4-3-5-8-26)30-31(33)34-21-35-32(30)38(22)24-14-17-37(19-24)28(39)9-6-16-36(2)25-15-18-40-20-25;1-15-20(16-7-9-19(10-8-16)29-18-5-3-2-4-6-18)21-22(24)26-14-27-23(21)28(15)17-11-12-25-13-17;1-10(5-2-3-9(11)12)8-4-6-13-7-8/h3-13,21,24-25H,14-20H2,1-2H3,(H2,33,34,35);2-10,14,17,25H,11-13H2,1H3,(H2,24,26,27);2-3,8H,4-7H2,1H3,(H,11,12)/b9-6+;;3-2+/t24-,25+;17-;8-/m110/s1. The molecular formula is C64H74N12O7. The zero-order valence-electron chi connectivity index (χ0n) is 47.6. The fourth-order valence-electron chi connectivity index (χ4n) is 11.6. The van der Waals surface area contributed by atoms with Gasteiger partial charge in [0.25, 0.3) is 0 Å². The van der Waals surface area contributed by atoms with Gasteiger partial charge in [0.05, 0.1) is 30.0 Å². The largest absolute Gasteiger partial charge is 0.478 e. The van der Waals surface area contributed by atoms with Crippen LogP contribution in [0.15, 0.2) is 146 Å². The Morgan fingerprint density at radius 3 is 1.55 bits per heavy atom. The first-order chi connectivity index (χ1) is 40.4. The van der Waals surface area contributed by atoms with Crippen LogP contribution in [0.1, 0.15) is 49.2 Å². The molecule has 6 N–H and O–H groups in total. The minimum atomic E-state index is -0.893. The number of carboxylic acid groups (broad SMARTS) is 1. The number of para-hydroxylation sites is 2. The van der Waals surface area contributed by atoms with Gasteiger partial charge in [-0.1, -0.05) is 72.8 Å². The van der Waals surface area contributed by atoms with Crippen molar-refractivity contribution in [2.24, 2.45) is 0 Å². The van der Waals surface area contributed by atoms with Crippen molar-refractivity contribution in [3.63, 3.8) is 0 Å². The van der Waals surface area contributed by atoms with E-state index in [1.807, 2.05) is 115 Å². The second-order valence-electron chi connectivity index (χ2n) is 21.4. The molecule has 4 aromatic carbocycles. The van der Waals surface area contributed by atoms with E-state index < -0.39 is 5.97 Å². The number of likely N-dealkylation sites (N-methyl/N-ethyl adjacent to an activating group) is 2. The van der Waals surface area contributed by atoms with Crippen molar-refractivity contribution < 1.29 is 33.6 Å². The number of anilines is 2. The Morgan fingerprint density at radius 2 is 1.11 bits per heavy atom. The highest BCUT2D eigenvalue weighted by molar-refractivity contribution is 6.03. The molecule has 0 spiro atoms. The van der Waals surface area contributed by atoms with Crippen LogP contribution in [0.4, 0.5) is 11.6 Å². The molecule has 4 atom stereocenters. The van der Waals surface area contributed by atoms with Gasteiger partial charge < -0.3 is 54.9 Å². The van der Waals surface area contributed by atoms with E-state index in [0.717, 1.165) is 150 Å². The summed E-state index contributed by atoms with van der Waals surface area (Å²) in [5.74, 6) is 3.27. The number of nitrogens with two attached hydrogens (primary N) is 2. The molecule has 4 aromatic heterocycles. The molecule has 8 aromatic rings. The number of carbonyl (C=O) groups is 2. The number of hydrogen-bond donors (Lipinski definition) is 4. The van der Waals surface area contributed by atoms with Crippen molar-refractivity contribution in [3.05, 3.63) is 158 Å². The van der Waals surface area contributed by atoms with E-state index in [2.05, 4.69) is 77.2 Å². The monoisotopic (exact) mass is 1120 g/mol. The average Bonchev–Trinajstić information content (AvgIpc) is 2.88. The molecule has 83 heavy (non-hydrogen) atoms. The molecule has 4 aliphatic rings. The minimum Gasteiger partial charge on any atom is -0.478 e. The van der Waals surface area contributed by atoms with Gasteiger partial charge in [-0.3, -0.25) is 14.6 Å². The summed E-state index contributed by atoms with van der Waals surface area (Å²) in [7, 11) is 4.06. The lowest BCUT2D eigenvalue weighted by atomic mass is 10.0. The van der Waals surface area contributed by atoms with Gasteiger partial charge in [-0.05, 0) is 120 Å². The SMILES string of the molecule is CN(C/C=C/C(=O)O)[C@H]1CCOC1.Cc1c(-c2ccc(Oc3ccccc3)cc2)c2c(N)ncnc2n1[C@@H]1CCN(C(=O)/C=C/CN(C)[C@H]2CCOC2)C1.Cc1c(-c2ccc(Oc3ccccc3)cc2)c2c(N)ncnc2n1[C@@H]1CCNC1. The van der Waals surface area contributed by atoms with Crippen LogP contribution < -0.4 is 26.3 Å². The van der Waals surface area contributed by atoms with Crippen LogP contribution in [0.3, 0.4) is 0 Å². The maximum atomic E-state index is 13.0. The van der Waals surface area contributed by atoms with E-state index in [1.54, 1.807) is 18.5 Å². The van der Waals surface area contributed by atoms with E-state index in [-0.39, 0.29) is 11.9 Å². The molecule has 4 aliphatic heterocycles. The number of carbonyl (C=O) groups excluding carboxylic acids is 1. The number of fused-ring (bicyclic) bond motifs is 2. The van der Waals surface area contributed by atoms with E-state index in [1.165, 1.54) is 12.4 Å². The fraction of sp³-hybridized carbons (Fsp3) is 0.344. The van der Waals surface area contributed by atoms with Crippen molar-refractivity contribution in [2.75, 3.05) is 91.3 Å². The lowest BCUT2D eigenvalue weighted by Gasteiger charge is -2.21. The average molecular weight is 1120 g/mol. The summed E-state index contributed by atoms with van der Waals surface area (Å²) in [5.41, 5.74) is 20.9. The zero-order valence-corrected chi connectivity index (χ0v) is 47.6. The van der Waals surface area contributed by atoms with Crippen molar-refractivity contribution in [2.45, 2.75) is 63.7 Å². The van der Waals surface area contributed by atoms with Gasteiger partial charge in [0, 0.05) is 98.7 Å². The third-order valence-electron chi connectivity index (χ3n) is 16.0. The summed E-state index contributed by atoms with van der Waals surface area (Å²) >= 11 is 0. The van der Waals surface area contributed by atoms with Crippen LogP contribution in [0.5, 0.6) is 23.0 Å². The van der Waals surface area contributed by atoms with E-state index in [0.29, 0.717) is 49.4 Å². The normalized spacial score (nSPS) is 18.8. The number of nitrogens with one attached hydrogen (secondary N) is 1. The molecule has 1 amide bonds. The molecule has 8 heterocycles. The van der Waals surface area contributed by atoms with Crippen LogP contribution >= 0.6 is 0 Å². The number of rotatable bonds is 16. The van der Waals surface area contributed by atoms with Crippen molar-refractivity contribution in [1.82, 2.24) is 49.1 Å². The molecule has 0 radical (unpaired) electrons. The van der Waals surface area contributed by atoms with Gasteiger partial charge in [-0.2, -0.15) is 0 Å². The minimum absolute atomic E-state index is 0.0426. The third-order valence-corrected chi connectivity index (χ3v) is 16.0. The first-order valence-corrected chi connectivity index (χ1v) is 28.4. The number of amides is 1. The lowest BCUT2D eigenvalue weighted by Crippen LogP contribution is -2.32. The number of hydrogen-bond acceptors (Lipinski definition) is 15. The predicted octanol–water partition coefficient (Wildman–Crippen LogP) is 9.50. The highest BCUT2D eigenvalue weighted by Gasteiger charge is 2.32. The number of ether oxygens (including phenoxy) is 4. The van der Waals surface area contributed by atoms with Gasteiger partial charge in [0.2, 0.25) is 5.91 Å². The number of benzene rings is 4. The molecule has 0 saturated carbocycles. The Kier molecular flexibility index (Phi) is 18.8. The first kappa shape index (κ1) is 57.8. The maximum absolute atomic E-state index is 13.0. The highest BCUT2D eigenvalue weighted by Crippen LogP contribution is 2.42. The van der Waals surface area contributed by atoms with Gasteiger partial charge in [0.15, 0.2) is 0 Å². The molecule has 19 heteroatoms. The van der Waals surface area contributed by atoms with Crippen LogP contribution in [0.2, 0.25) is 0 Å². The summed E-state index contributed by atoms with van der Waals surface area (Å²) in [6.45, 7) is 12.1. The molecule has 432 valence electrons. The number of nitrogen functional groups attached to an aromatic ring is 2. The van der Waals surface area contributed by atoms with Crippen LogP contribution in [0, 0.1) is 13.8 Å². The Labute approximate surface area is 484 Å². The van der Waals surface area contributed by atoms with E-state index >= 15 is 0 Å². The van der Waals surface area contributed by atoms with E-state index in [9.17, 15) is 9.59 Å². The molecule has 12 rings (SSSR count). The number of likely N-dealkylation sites (tertiary alicyclic amines) is 1. The quantitative estimate of drug-likeness (QED) is 0.0661. The van der Waals surface area contributed by atoms with Gasteiger partial charge in [0.1, 0.15) is 58.6 Å². The van der Waals surface area contributed by atoms with Crippen molar-refractivity contribution in [3.8, 4) is 45.3 Å². The van der Waals surface area contributed by atoms with Gasteiger partial charge in [-0.25, -0.2) is 24.7 Å². The topological polar surface area (TPSA) is 227 Å². The van der Waals surface area contributed by atoms with Crippen LogP contribution in [-0.2, 0) is 19.1 Å². The Bertz CT molecular complexity index is 3520. The number of nitrogens with zero attached hydrogens (tertiary/aromatic N) is 9. The molecular weight excluding hydrogens is 1050 g/mol. The number of aromatic nitrogens is 6. The molecule has 0 unspecified atom stereocenters. The molecule has 4 saturated heterocycles. The second-order valence-corrected chi connectivity index (χ2v) is 21.4. The Morgan fingerprint density at radius 1 is 0.639 bits per heavy atom. The Hall–Kier alpha value is -8.46.